The molecule has 0 N–H and O–H groups in total. The zero-order valence-corrected chi connectivity index (χ0v) is 25.3. The molecular formula is C44H25N3. The first kappa shape index (κ1) is 24.9. The monoisotopic (exact) mass is 595 g/mol. The Morgan fingerprint density at radius 3 is 1.87 bits per heavy atom. The Labute approximate surface area is 270 Å². The van der Waals surface area contributed by atoms with Gasteiger partial charge in [-0.15, -0.1) is 0 Å². The van der Waals surface area contributed by atoms with Gasteiger partial charge in [0.15, 0.2) is 0 Å². The van der Waals surface area contributed by atoms with Crippen molar-refractivity contribution in [2.75, 3.05) is 0 Å². The van der Waals surface area contributed by atoms with Crippen molar-refractivity contribution >= 4 is 65.0 Å². The van der Waals surface area contributed by atoms with Crippen molar-refractivity contribution in [1.29, 1.82) is 0 Å². The molecule has 0 atom stereocenters. The molecule has 3 heteroatoms. The van der Waals surface area contributed by atoms with Crippen LogP contribution >= 0.6 is 0 Å². The van der Waals surface area contributed by atoms with E-state index in [0.717, 1.165) is 38.6 Å². The standard InChI is InChI=1S/C44H25N3/c1-2-13-28(14-3-1)42-35-23-21-27-12-5-7-16-30(27)43(35)46-44(45-42)47-37-24-22-26-11-4-6-15-29(26)40(37)41-34-20-10-19-33-31-17-8-9-18-32(31)36(39(33)34)25-38(41)47/h1-25H. The Balaban J connectivity index is 1.37. The van der Waals surface area contributed by atoms with Crippen LogP contribution in [0.5, 0.6) is 0 Å². The lowest BCUT2D eigenvalue weighted by Crippen LogP contribution is -2.04. The number of hydrogen-bond donors (Lipinski definition) is 0. The number of aromatic nitrogens is 3. The van der Waals surface area contributed by atoms with Crippen LogP contribution in [0.2, 0.25) is 0 Å². The van der Waals surface area contributed by atoms with Gasteiger partial charge in [0.25, 0.3) is 0 Å². The largest absolute Gasteiger partial charge is 0.278 e. The molecule has 10 aromatic rings. The molecule has 47 heavy (non-hydrogen) atoms. The molecule has 11 rings (SSSR count). The molecule has 2 aromatic heterocycles. The van der Waals surface area contributed by atoms with E-state index in [1.807, 2.05) is 0 Å². The van der Waals surface area contributed by atoms with Crippen LogP contribution in [-0.4, -0.2) is 14.5 Å². The zero-order valence-electron chi connectivity index (χ0n) is 25.3. The van der Waals surface area contributed by atoms with Crippen LogP contribution in [0.4, 0.5) is 0 Å². The predicted octanol–water partition coefficient (Wildman–Crippen LogP) is 11.5. The summed E-state index contributed by atoms with van der Waals surface area (Å²) in [5, 5.41) is 10.9. The number of rotatable bonds is 2. The van der Waals surface area contributed by atoms with E-state index in [9.17, 15) is 0 Å². The van der Waals surface area contributed by atoms with E-state index in [-0.39, 0.29) is 0 Å². The van der Waals surface area contributed by atoms with Gasteiger partial charge in [-0.05, 0) is 67.4 Å². The summed E-state index contributed by atoms with van der Waals surface area (Å²) in [6.45, 7) is 0. The van der Waals surface area contributed by atoms with Gasteiger partial charge in [-0.25, -0.2) is 9.97 Å². The summed E-state index contributed by atoms with van der Waals surface area (Å²) in [5.74, 6) is 0.678. The summed E-state index contributed by atoms with van der Waals surface area (Å²) < 4.78 is 2.31. The van der Waals surface area contributed by atoms with Crippen molar-refractivity contribution in [2.24, 2.45) is 0 Å². The molecular weight excluding hydrogens is 571 g/mol. The zero-order chi connectivity index (χ0) is 30.6. The second-order valence-corrected chi connectivity index (χ2v) is 12.5. The summed E-state index contributed by atoms with van der Waals surface area (Å²) in [4.78, 5) is 10.9. The Hall–Kier alpha value is -6.32. The SMILES string of the molecule is c1ccc(-c2nc(-n3c4ccc5ccccc5c4c4c5cccc6c5c(cc43)-c3ccccc3-6)nc3c2ccc2ccccc23)cc1. The predicted molar refractivity (Wildman–Crippen MR) is 196 cm³/mol. The lowest BCUT2D eigenvalue weighted by atomic mass is 9.96. The highest BCUT2D eigenvalue weighted by molar-refractivity contribution is 6.33. The van der Waals surface area contributed by atoms with Crippen LogP contribution in [0, 0.1) is 0 Å². The topological polar surface area (TPSA) is 30.7 Å². The van der Waals surface area contributed by atoms with Crippen molar-refractivity contribution in [3.63, 3.8) is 0 Å². The quantitative estimate of drug-likeness (QED) is 0.186. The Kier molecular flexibility index (Phi) is 4.84. The lowest BCUT2D eigenvalue weighted by Gasteiger charge is -2.14. The van der Waals surface area contributed by atoms with Gasteiger partial charge in [-0.3, -0.25) is 4.57 Å². The highest BCUT2D eigenvalue weighted by atomic mass is 15.2. The van der Waals surface area contributed by atoms with Gasteiger partial charge in [0.1, 0.15) is 0 Å². The van der Waals surface area contributed by atoms with Crippen molar-refractivity contribution in [1.82, 2.24) is 14.5 Å². The molecule has 3 nitrogen and oxygen atoms in total. The second kappa shape index (κ2) is 9.12. The third-order valence-electron chi connectivity index (χ3n) is 10.1. The van der Waals surface area contributed by atoms with Crippen LogP contribution in [0.3, 0.4) is 0 Å². The molecule has 0 saturated heterocycles. The van der Waals surface area contributed by atoms with E-state index in [2.05, 4.69) is 156 Å². The molecule has 0 spiro atoms. The van der Waals surface area contributed by atoms with Gasteiger partial charge in [-0.1, -0.05) is 133 Å². The highest BCUT2D eigenvalue weighted by Gasteiger charge is 2.27. The van der Waals surface area contributed by atoms with Crippen molar-refractivity contribution in [3.8, 4) is 39.5 Å². The van der Waals surface area contributed by atoms with E-state index >= 15 is 0 Å². The number of nitrogens with zero attached hydrogens (tertiary/aromatic N) is 3. The van der Waals surface area contributed by atoms with Crippen molar-refractivity contribution in [3.05, 3.63) is 152 Å². The molecule has 1 aliphatic carbocycles. The van der Waals surface area contributed by atoms with E-state index in [0.29, 0.717) is 5.95 Å². The van der Waals surface area contributed by atoms with Crippen molar-refractivity contribution in [2.45, 2.75) is 0 Å². The highest BCUT2D eigenvalue weighted by Crippen LogP contribution is 2.51. The minimum atomic E-state index is 0.678. The minimum absolute atomic E-state index is 0.678. The van der Waals surface area contributed by atoms with Crippen LogP contribution in [0.25, 0.3) is 104 Å². The summed E-state index contributed by atoms with van der Waals surface area (Å²) in [6, 6.07) is 54.6. The molecule has 1 aliphatic rings. The average Bonchev–Trinajstić information content (AvgIpc) is 3.65. The lowest BCUT2D eigenvalue weighted by molar-refractivity contribution is 1.02. The second-order valence-electron chi connectivity index (χ2n) is 12.5. The fraction of sp³-hybridized carbons (Fsp3) is 0. The average molecular weight is 596 g/mol. The molecule has 0 fully saturated rings. The summed E-state index contributed by atoms with van der Waals surface area (Å²) in [6.07, 6.45) is 0. The van der Waals surface area contributed by atoms with E-state index in [4.69, 9.17) is 9.97 Å². The first-order chi connectivity index (χ1) is 23.3. The fourth-order valence-electron chi connectivity index (χ4n) is 8.12. The van der Waals surface area contributed by atoms with Gasteiger partial charge in [0, 0.05) is 27.1 Å². The molecule has 216 valence electrons. The van der Waals surface area contributed by atoms with E-state index in [1.54, 1.807) is 0 Å². The van der Waals surface area contributed by atoms with Crippen molar-refractivity contribution < 1.29 is 0 Å². The molecule has 0 unspecified atom stereocenters. The van der Waals surface area contributed by atoms with Crippen LogP contribution < -0.4 is 0 Å². The first-order valence-electron chi connectivity index (χ1n) is 16.1. The van der Waals surface area contributed by atoms with Gasteiger partial charge in [-0.2, -0.15) is 0 Å². The normalized spacial score (nSPS) is 12.3. The van der Waals surface area contributed by atoms with Gasteiger partial charge in [0.2, 0.25) is 5.95 Å². The fourth-order valence-corrected chi connectivity index (χ4v) is 8.12. The Morgan fingerprint density at radius 2 is 1.02 bits per heavy atom. The summed E-state index contributed by atoms with van der Waals surface area (Å²) in [7, 11) is 0. The van der Waals surface area contributed by atoms with Crippen LogP contribution in [-0.2, 0) is 0 Å². The number of fused-ring (bicyclic) bond motifs is 12. The van der Waals surface area contributed by atoms with E-state index in [1.165, 1.54) is 60.0 Å². The maximum atomic E-state index is 5.46. The van der Waals surface area contributed by atoms with Crippen LogP contribution in [0.15, 0.2) is 152 Å². The minimum Gasteiger partial charge on any atom is -0.278 e. The van der Waals surface area contributed by atoms with Gasteiger partial charge < -0.3 is 0 Å². The summed E-state index contributed by atoms with van der Waals surface area (Å²) in [5.41, 5.74) is 10.3. The third kappa shape index (κ3) is 3.30. The maximum Gasteiger partial charge on any atom is 0.235 e. The van der Waals surface area contributed by atoms with E-state index < -0.39 is 0 Å². The smallest absolute Gasteiger partial charge is 0.235 e. The van der Waals surface area contributed by atoms with Gasteiger partial charge in [0.05, 0.1) is 22.2 Å². The first-order valence-corrected chi connectivity index (χ1v) is 16.1. The van der Waals surface area contributed by atoms with Gasteiger partial charge >= 0.3 is 0 Å². The molecule has 0 radical (unpaired) electrons. The molecule has 0 saturated carbocycles. The molecule has 8 aromatic carbocycles. The number of benzene rings is 8. The maximum absolute atomic E-state index is 5.46. The summed E-state index contributed by atoms with van der Waals surface area (Å²) >= 11 is 0. The van der Waals surface area contributed by atoms with Crippen LogP contribution in [0.1, 0.15) is 0 Å². The molecule has 0 aliphatic heterocycles. The molecule has 0 bridgehead atoms. The number of hydrogen-bond acceptors (Lipinski definition) is 2. The Bertz CT molecular complexity index is 2950. The third-order valence-corrected chi connectivity index (χ3v) is 10.1. The molecule has 0 amide bonds. The Morgan fingerprint density at radius 1 is 0.383 bits per heavy atom. The molecule has 2 heterocycles.